The Hall–Kier alpha value is -1.93. The van der Waals surface area contributed by atoms with Gasteiger partial charge in [0.1, 0.15) is 5.84 Å². The fourth-order valence-corrected chi connectivity index (χ4v) is 3.59. The second-order valence-electron chi connectivity index (χ2n) is 5.41. The molecule has 1 aromatic rings. The predicted octanol–water partition coefficient (Wildman–Crippen LogP) is 0.700. The normalized spacial score (nSPS) is 26.4. The molecule has 0 unspecified atom stereocenters. The number of benzene rings is 1. The largest absolute Gasteiger partial charge is 0.342 e. The molecule has 8 heteroatoms. The molecule has 118 valence electrons. The molecule has 1 amide bonds. The van der Waals surface area contributed by atoms with E-state index in [-0.39, 0.29) is 18.5 Å². The van der Waals surface area contributed by atoms with Gasteiger partial charge in [0.05, 0.1) is 29.7 Å². The maximum Gasteiger partial charge on any atom is 0.264 e. The topological polar surface area (TPSA) is 88.1 Å². The Bertz CT molecular complexity index is 744. The number of anilines is 1. The average Bonchev–Trinajstić information content (AvgIpc) is 2.81. The Morgan fingerprint density at radius 2 is 2.09 bits per heavy atom. The van der Waals surface area contributed by atoms with Crippen LogP contribution in [0.4, 0.5) is 5.69 Å². The van der Waals surface area contributed by atoms with E-state index in [0.29, 0.717) is 23.5 Å². The number of hydrogen-bond donors (Lipinski definition) is 1. The molecule has 0 aromatic heterocycles. The van der Waals surface area contributed by atoms with Crippen LogP contribution in [0, 0.1) is 0 Å². The number of carbonyl (C=O) groups excluding carboxylic acids is 1. The van der Waals surface area contributed by atoms with Crippen LogP contribution in [0.5, 0.6) is 0 Å². The quantitative estimate of drug-likeness (QED) is 0.810. The summed E-state index contributed by atoms with van der Waals surface area (Å²) in [5.74, 6) is 0.490. The molecule has 0 aliphatic carbocycles. The zero-order valence-corrected chi connectivity index (χ0v) is 13.1. The van der Waals surface area contributed by atoms with E-state index in [9.17, 15) is 13.2 Å². The number of para-hydroxylation sites is 1. The summed E-state index contributed by atoms with van der Waals surface area (Å²) in [5, 5.41) is 3.18. The van der Waals surface area contributed by atoms with E-state index < -0.39 is 16.2 Å². The molecule has 2 heterocycles. The minimum atomic E-state index is -3.56. The highest BCUT2D eigenvalue weighted by molar-refractivity contribution is 7.86. The van der Waals surface area contributed by atoms with Crippen LogP contribution in [-0.2, 0) is 14.3 Å². The first-order chi connectivity index (χ1) is 10.4. The van der Waals surface area contributed by atoms with E-state index >= 15 is 0 Å². The third-order valence-electron chi connectivity index (χ3n) is 3.81. The fourth-order valence-electron chi connectivity index (χ4n) is 2.96. The van der Waals surface area contributed by atoms with Gasteiger partial charge in [0.2, 0.25) is 0 Å². The molecular weight excluding hydrogens is 306 g/mol. The number of hydrogen-bond acceptors (Lipinski definition) is 5. The monoisotopic (exact) mass is 323 g/mol. The number of amidine groups is 1. The summed E-state index contributed by atoms with van der Waals surface area (Å²) in [6.07, 6.45) is 0.862. The summed E-state index contributed by atoms with van der Waals surface area (Å²) in [4.78, 5) is 18.6. The van der Waals surface area contributed by atoms with Gasteiger partial charge in [-0.25, -0.2) is 0 Å². The van der Waals surface area contributed by atoms with E-state index in [1.165, 1.54) is 0 Å². The van der Waals surface area contributed by atoms with Crippen LogP contribution >= 0.6 is 0 Å². The summed E-state index contributed by atoms with van der Waals surface area (Å²) >= 11 is 0. The molecule has 1 saturated heterocycles. The molecule has 2 aliphatic rings. The van der Waals surface area contributed by atoms with Crippen molar-refractivity contribution in [3.63, 3.8) is 0 Å². The highest BCUT2D eigenvalue weighted by atomic mass is 32.2. The first kappa shape index (κ1) is 15.0. The second kappa shape index (κ2) is 5.36. The van der Waals surface area contributed by atoms with Crippen LogP contribution in [0.25, 0.3) is 0 Å². The molecule has 1 aromatic carbocycles. The molecular formula is C14H17N3O4S. The lowest BCUT2D eigenvalue weighted by molar-refractivity contribution is 0.0756. The number of fused-ring (bicyclic) bond motifs is 2. The van der Waals surface area contributed by atoms with Crippen molar-refractivity contribution < 1.29 is 17.4 Å². The number of nitrogens with zero attached hydrogens (tertiary/aromatic N) is 2. The van der Waals surface area contributed by atoms with Gasteiger partial charge in [0, 0.05) is 20.0 Å². The Morgan fingerprint density at radius 3 is 2.77 bits per heavy atom. The van der Waals surface area contributed by atoms with Crippen LogP contribution in [-0.4, -0.2) is 57.1 Å². The van der Waals surface area contributed by atoms with E-state index in [1.807, 2.05) is 12.1 Å². The SMILES string of the molecule is CN=C1Nc2ccccc2C(=O)N2C[C@H](OS(C)(=O)=O)C[C@@H]12. The van der Waals surface area contributed by atoms with Gasteiger partial charge in [-0.1, -0.05) is 12.1 Å². The number of carbonyl (C=O) groups is 1. The number of aliphatic imine (C=N–C) groups is 1. The highest BCUT2D eigenvalue weighted by Crippen LogP contribution is 2.30. The van der Waals surface area contributed by atoms with Gasteiger partial charge < -0.3 is 10.2 Å². The minimum Gasteiger partial charge on any atom is -0.342 e. The van der Waals surface area contributed by atoms with Crippen LogP contribution < -0.4 is 5.32 Å². The molecule has 3 rings (SSSR count). The van der Waals surface area contributed by atoms with Crippen LogP contribution in [0.3, 0.4) is 0 Å². The molecule has 22 heavy (non-hydrogen) atoms. The summed E-state index contributed by atoms with van der Waals surface area (Å²) in [6.45, 7) is 0.228. The van der Waals surface area contributed by atoms with Crippen LogP contribution in [0.2, 0.25) is 0 Å². The average molecular weight is 323 g/mol. The van der Waals surface area contributed by atoms with Crippen molar-refractivity contribution in [2.75, 3.05) is 25.2 Å². The van der Waals surface area contributed by atoms with E-state index in [0.717, 1.165) is 6.26 Å². The standard InChI is InChI=1S/C14H17N3O4S/c1-15-13-12-7-9(21-22(2,19)20)8-17(12)14(18)10-5-3-4-6-11(10)16-13/h3-6,9,12H,7-8H2,1-2H3,(H,15,16)/t9-,12+/m1/s1. The lowest BCUT2D eigenvalue weighted by Crippen LogP contribution is -2.40. The maximum atomic E-state index is 12.7. The molecule has 0 bridgehead atoms. The van der Waals surface area contributed by atoms with Crippen LogP contribution in [0.15, 0.2) is 29.3 Å². The molecule has 0 saturated carbocycles. The molecule has 0 radical (unpaired) electrons. The van der Waals surface area contributed by atoms with Crippen molar-refractivity contribution in [3.8, 4) is 0 Å². The molecule has 7 nitrogen and oxygen atoms in total. The van der Waals surface area contributed by atoms with Gasteiger partial charge >= 0.3 is 0 Å². The number of nitrogens with one attached hydrogen (secondary N) is 1. The summed E-state index contributed by atoms with van der Waals surface area (Å²) in [6, 6.07) is 6.90. The van der Waals surface area contributed by atoms with Gasteiger partial charge in [0.25, 0.3) is 16.0 Å². The maximum absolute atomic E-state index is 12.7. The van der Waals surface area contributed by atoms with Gasteiger partial charge in [0.15, 0.2) is 0 Å². The smallest absolute Gasteiger partial charge is 0.264 e. The zero-order valence-electron chi connectivity index (χ0n) is 12.3. The Balaban J connectivity index is 1.96. The minimum absolute atomic E-state index is 0.147. The first-order valence-electron chi connectivity index (χ1n) is 6.91. The van der Waals surface area contributed by atoms with Gasteiger partial charge in [-0.3, -0.25) is 14.0 Å². The molecule has 1 fully saturated rings. The lowest BCUT2D eigenvalue weighted by atomic mass is 10.1. The van der Waals surface area contributed by atoms with Crippen molar-refractivity contribution in [1.29, 1.82) is 0 Å². The summed E-state index contributed by atoms with van der Waals surface area (Å²) in [7, 11) is -1.92. The third-order valence-corrected chi connectivity index (χ3v) is 4.43. The summed E-state index contributed by atoms with van der Waals surface area (Å²) in [5.41, 5.74) is 1.26. The van der Waals surface area contributed by atoms with Crippen LogP contribution in [0.1, 0.15) is 16.8 Å². The Labute approximate surface area is 129 Å². The molecule has 2 atom stereocenters. The van der Waals surface area contributed by atoms with Crippen molar-refractivity contribution in [2.24, 2.45) is 4.99 Å². The van der Waals surface area contributed by atoms with E-state index in [4.69, 9.17) is 4.18 Å². The zero-order chi connectivity index (χ0) is 15.9. The predicted molar refractivity (Wildman–Crippen MR) is 82.6 cm³/mol. The fraction of sp³-hybridized carbons (Fsp3) is 0.429. The number of rotatable bonds is 2. The van der Waals surface area contributed by atoms with Gasteiger partial charge in [-0.2, -0.15) is 8.42 Å². The van der Waals surface area contributed by atoms with Gasteiger partial charge in [-0.05, 0) is 12.1 Å². The van der Waals surface area contributed by atoms with E-state index in [1.54, 1.807) is 24.1 Å². The van der Waals surface area contributed by atoms with Crippen molar-refractivity contribution >= 4 is 27.5 Å². The lowest BCUT2D eigenvalue weighted by Gasteiger charge is -2.21. The second-order valence-corrected chi connectivity index (χ2v) is 7.01. The van der Waals surface area contributed by atoms with E-state index in [2.05, 4.69) is 10.3 Å². The summed E-state index contributed by atoms with van der Waals surface area (Å²) < 4.78 is 27.7. The first-order valence-corrected chi connectivity index (χ1v) is 8.72. The third kappa shape index (κ3) is 2.71. The molecule has 2 aliphatic heterocycles. The molecule has 0 spiro atoms. The van der Waals surface area contributed by atoms with Crippen molar-refractivity contribution in [1.82, 2.24) is 4.90 Å². The highest BCUT2D eigenvalue weighted by Gasteiger charge is 2.42. The van der Waals surface area contributed by atoms with Crippen molar-refractivity contribution in [2.45, 2.75) is 18.6 Å². The van der Waals surface area contributed by atoms with Gasteiger partial charge in [-0.15, -0.1) is 0 Å². The van der Waals surface area contributed by atoms with Crippen molar-refractivity contribution in [3.05, 3.63) is 29.8 Å². The molecule has 1 N–H and O–H groups in total. The Kier molecular flexibility index (Phi) is 3.65. The Morgan fingerprint density at radius 1 is 1.36 bits per heavy atom. The number of amides is 1.